The first-order chi connectivity index (χ1) is 5.58. The maximum atomic E-state index is 10.6. The maximum Gasteiger partial charge on any atom is 0.323 e. The second-order valence-electron chi connectivity index (χ2n) is 3.06. The second kappa shape index (κ2) is 3.00. The molecular weight excluding hydrogens is 160 g/mol. The van der Waals surface area contributed by atoms with Crippen molar-refractivity contribution in [1.29, 1.82) is 0 Å². The van der Waals surface area contributed by atoms with Gasteiger partial charge in [-0.3, -0.25) is 4.79 Å². The first kappa shape index (κ1) is 8.83. The molecule has 0 saturated heterocycles. The SMILES string of the molecule is [N-]=[N+]=N[C@@H]1CC[C@@](N)(C(=O)O)C1. The molecule has 0 amide bonds. The average molecular weight is 170 g/mol. The minimum Gasteiger partial charge on any atom is -0.480 e. The van der Waals surface area contributed by atoms with Crippen LogP contribution in [0.5, 0.6) is 0 Å². The molecule has 12 heavy (non-hydrogen) atoms. The summed E-state index contributed by atoms with van der Waals surface area (Å²) in [7, 11) is 0. The van der Waals surface area contributed by atoms with E-state index in [1.807, 2.05) is 0 Å². The maximum absolute atomic E-state index is 10.6. The van der Waals surface area contributed by atoms with Crippen LogP contribution >= 0.6 is 0 Å². The summed E-state index contributed by atoms with van der Waals surface area (Å²) in [6, 6.07) is -0.254. The van der Waals surface area contributed by atoms with Gasteiger partial charge in [-0.2, -0.15) is 0 Å². The van der Waals surface area contributed by atoms with Crippen LogP contribution in [0.3, 0.4) is 0 Å². The van der Waals surface area contributed by atoms with Crippen LogP contribution in [0.1, 0.15) is 19.3 Å². The van der Waals surface area contributed by atoms with Crippen LogP contribution in [0.15, 0.2) is 5.11 Å². The van der Waals surface area contributed by atoms with Crippen molar-refractivity contribution in [2.45, 2.75) is 30.8 Å². The van der Waals surface area contributed by atoms with Crippen LogP contribution in [0, 0.1) is 0 Å². The zero-order chi connectivity index (χ0) is 9.19. The third-order valence-corrected chi connectivity index (χ3v) is 2.16. The smallest absolute Gasteiger partial charge is 0.323 e. The Labute approximate surface area is 69.0 Å². The largest absolute Gasteiger partial charge is 0.480 e. The van der Waals surface area contributed by atoms with E-state index in [0.717, 1.165) is 0 Å². The third-order valence-electron chi connectivity index (χ3n) is 2.16. The summed E-state index contributed by atoms with van der Waals surface area (Å²) in [4.78, 5) is 13.2. The van der Waals surface area contributed by atoms with Gasteiger partial charge in [-0.25, -0.2) is 0 Å². The molecule has 0 aliphatic heterocycles. The molecule has 0 aromatic carbocycles. The molecule has 1 rings (SSSR count). The number of rotatable bonds is 2. The molecule has 1 saturated carbocycles. The van der Waals surface area contributed by atoms with E-state index in [9.17, 15) is 4.79 Å². The van der Waals surface area contributed by atoms with E-state index in [1.54, 1.807) is 0 Å². The van der Waals surface area contributed by atoms with E-state index in [4.69, 9.17) is 16.4 Å². The van der Waals surface area contributed by atoms with Gasteiger partial charge < -0.3 is 10.8 Å². The van der Waals surface area contributed by atoms with Gasteiger partial charge in [0.05, 0.1) is 0 Å². The van der Waals surface area contributed by atoms with Crippen molar-refractivity contribution in [2.24, 2.45) is 10.8 Å². The van der Waals surface area contributed by atoms with Crippen molar-refractivity contribution in [2.75, 3.05) is 0 Å². The Morgan fingerprint density at radius 2 is 2.50 bits per heavy atom. The van der Waals surface area contributed by atoms with Gasteiger partial charge in [0, 0.05) is 11.0 Å². The molecule has 6 nitrogen and oxygen atoms in total. The highest BCUT2D eigenvalue weighted by molar-refractivity contribution is 5.79. The first-order valence-electron chi connectivity index (χ1n) is 3.65. The zero-order valence-corrected chi connectivity index (χ0v) is 6.47. The molecule has 0 heterocycles. The van der Waals surface area contributed by atoms with E-state index in [-0.39, 0.29) is 12.5 Å². The number of aliphatic carboxylic acids is 1. The zero-order valence-electron chi connectivity index (χ0n) is 6.47. The second-order valence-corrected chi connectivity index (χ2v) is 3.06. The van der Waals surface area contributed by atoms with Crippen LogP contribution in [-0.2, 0) is 4.79 Å². The molecule has 1 aliphatic rings. The molecule has 6 heteroatoms. The van der Waals surface area contributed by atoms with E-state index < -0.39 is 11.5 Å². The highest BCUT2D eigenvalue weighted by Gasteiger charge is 2.41. The number of nitrogens with two attached hydrogens (primary N) is 1. The molecule has 3 N–H and O–H groups in total. The predicted octanol–water partition coefficient (Wildman–Crippen LogP) is 0.631. The molecule has 0 aromatic heterocycles. The lowest BCUT2D eigenvalue weighted by Gasteiger charge is -2.16. The molecule has 0 radical (unpaired) electrons. The Bertz CT molecular complexity index is 248. The quantitative estimate of drug-likeness (QED) is 0.360. The average Bonchev–Trinajstić information content (AvgIpc) is 2.34. The van der Waals surface area contributed by atoms with E-state index in [2.05, 4.69) is 10.0 Å². The number of carbonyl (C=O) groups is 1. The number of azide groups is 1. The van der Waals surface area contributed by atoms with Crippen molar-refractivity contribution in [3.05, 3.63) is 10.4 Å². The molecular formula is C6H10N4O2. The molecule has 1 aliphatic carbocycles. The molecule has 0 bridgehead atoms. The van der Waals surface area contributed by atoms with Gasteiger partial charge in [-0.15, -0.1) is 0 Å². The molecule has 66 valence electrons. The van der Waals surface area contributed by atoms with Crippen molar-refractivity contribution in [3.63, 3.8) is 0 Å². The highest BCUT2D eigenvalue weighted by Crippen LogP contribution is 2.30. The Hall–Kier alpha value is -1.26. The van der Waals surface area contributed by atoms with Crippen LogP contribution < -0.4 is 5.73 Å². The Kier molecular flexibility index (Phi) is 2.21. The van der Waals surface area contributed by atoms with Crippen LogP contribution in [0.25, 0.3) is 10.4 Å². The summed E-state index contributed by atoms with van der Waals surface area (Å²) in [5, 5.41) is 12.1. The fourth-order valence-corrected chi connectivity index (χ4v) is 1.41. The minimum absolute atomic E-state index is 0.242. The van der Waals surface area contributed by atoms with Gasteiger partial charge in [0.15, 0.2) is 0 Å². The number of hydrogen-bond acceptors (Lipinski definition) is 3. The summed E-state index contributed by atoms with van der Waals surface area (Å²) in [6.45, 7) is 0. The third kappa shape index (κ3) is 1.49. The summed E-state index contributed by atoms with van der Waals surface area (Å²) in [5.74, 6) is -1.02. The number of hydrogen-bond donors (Lipinski definition) is 2. The van der Waals surface area contributed by atoms with Crippen LogP contribution in [0.2, 0.25) is 0 Å². The van der Waals surface area contributed by atoms with Crippen molar-refractivity contribution < 1.29 is 9.90 Å². The van der Waals surface area contributed by atoms with Gasteiger partial charge in [0.25, 0.3) is 0 Å². The lowest BCUT2D eigenvalue weighted by Crippen LogP contribution is -2.45. The number of carboxylic acid groups (broad SMARTS) is 1. The molecule has 1 fully saturated rings. The summed E-state index contributed by atoms with van der Waals surface area (Å²) in [6.07, 6.45) is 1.19. The van der Waals surface area contributed by atoms with Gasteiger partial charge in [0.1, 0.15) is 5.54 Å². The monoisotopic (exact) mass is 170 g/mol. The molecule has 0 unspecified atom stereocenters. The molecule has 0 aromatic rings. The lowest BCUT2D eigenvalue weighted by atomic mass is 10.00. The van der Waals surface area contributed by atoms with Gasteiger partial charge >= 0.3 is 5.97 Å². The van der Waals surface area contributed by atoms with E-state index in [1.165, 1.54) is 0 Å². The molecule has 2 atom stereocenters. The highest BCUT2D eigenvalue weighted by atomic mass is 16.4. The van der Waals surface area contributed by atoms with Crippen LogP contribution in [-0.4, -0.2) is 22.7 Å². The van der Waals surface area contributed by atoms with Gasteiger partial charge in [-0.1, -0.05) is 5.11 Å². The van der Waals surface area contributed by atoms with Crippen molar-refractivity contribution in [1.82, 2.24) is 0 Å². The first-order valence-corrected chi connectivity index (χ1v) is 3.65. The normalized spacial score (nSPS) is 34.2. The Morgan fingerprint density at radius 1 is 1.83 bits per heavy atom. The standard InChI is InChI=1S/C6H10N4O2/c7-6(5(11)12)2-1-4(3-6)9-10-8/h4H,1-3,7H2,(H,11,12)/t4-,6+/m1/s1. The van der Waals surface area contributed by atoms with Crippen molar-refractivity contribution >= 4 is 5.97 Å². The Morgan fingerprint density at radius 3 is 2.92 bits per heavy atom. The number of carboxylic acids is 1. The van der Waals surface area contributed by atoms with E-state index in [0.29, 0.717) is 12.8 Å². The Balaban J connectivity index is 2.66. The lowest BCUT2D eigenvalue weighted by molar-refractivity contribution is -0.143. The number of nitrogens with zero attached hydrogens (tertiary/aromatic N) is 3. The fraction of sp³-hybridized carbons (Fsp3) is 0.833. The topological polar surface area (TPSA) is 112 Å². The van der Waals surface area contributed by atoms with Gasteiger partial charge in [0.2, 0.25) is 0 Å². The summed E-state index contributed by atoms with van der Waals surface area (Å²) in [5.41, 5.74) is 12.5. The van der Waals surface area contributed by atoms with Crippen molar-refractivity contribution in [3.8, 4) is 0 Å². The molecule has 0 spiro atoms. The summed E-state index contributed by atoms with van der Waals surface area (Å²) >= 11 is 0. The summed E-state index contributed by atoms with van der Waals surface area (Å²) < 4.78 is 0. The fourth-order valence-electron chi connectivity index (χ4n) is 1.41. The van der Waals surface area contributed by atoms with E-state index >= 15 is 0 Å². The predicted molar refractivity (Wildman–Crippen MR) is 41.3 cm³/mol. The van der Waals surface area contributed by atoms with Gasteiger partial charge in [-0.05, 0) is 24.8 Å². The minimum atomic E-state index is -1.18. The van der Waals surface area contributed by atoms with Crippen LogP contribution in [0.4, 0.5) is 0 Å².